The molecule has 0 amide bonds. The van der Waals surface area contributed by atoms with Crippen molar-refractivity contribution >= 4 is 15.9 Å². The van der Waals surface area contributed by atoms with Crippen molar-refractivity contribution in [2.24, 2.45) is 0 Å². The Bertz CT molecular complexity index is 492. The largest absolute Gasteiger partial charge is 0.573 e. The first-order valence-corrected chi connectivity index (χ1v) is 6.19. The fraction of sp³-hybridized carbons (Fsp3) is 0.385. The SMILES string of the molecule is C#CC(C)(C)NCc1ccc(OC(F)(F)F)c(Br)c1. The highest BCUT2D eigenvalue weighted by Gasteiger charge is 2.31. The summed E-state index contributed by atoms with van der Waals surface area (Å²) in [5.41, 5.74) is 0.317. The predicted molar refractivity (Wildman–Crippen MR) is 70.6 cm³/mol. The molecule has 104 valence electrons. The number of hydrogen-bond donors (Lipinski definition) is 1. The van der Waals surface area contributed by atoms with Crippen molar-refractivity contribution in [3.8, 4) is 18.1 Å². The molecule has 0 aliphatic heterocycles. The summed E-state index contributed by atoms with van der Waals surface area (Å²) in [6.45, 7) is 4.12. The fourth-order valence-electron chi connectivity index (χ4n) is 1.24. The van der Waals surface area contributed by atoms with Crippen LogP contribution in [0.2, 0.25) is 0 Å². The Balaban J connectivity index is 2.75. The number of terminal acetylenes is 1. The van der Waals surface area contributed by atoms with E-state index in [0.29, 0.717) is 6.54 Å². The second kappa shape index (κ2) is 5.85. The van der Waals surface area contributed by atoms with E-state index in [1.807, 2.05) is 13.8 Å². The summed E-state index contributed by atoms with van der Waals surface area (Å²) < 4.78 is 40.4. The molecule has 0 radical (unpaired) electrons. The van der Waals surface area contributed by atoms with Gasteiger partial charge in [0.15, 0.2) is 0 Å². The van der Waals surface area contributed by atoms with Gasteiger partial charge in [-0.05, 0) is 47.5 Å². The lowest BCUT2D eigenvalue weighted by atomic mass is 10.1. The highest BCUT2D eigenvalue weighted by molar-refractivity contribution is 9.10. The van der Waals surface area contributed by atoms with Crippen molar-refractivity contribution in [2.45, 2.75) is 32.3 Å². The van der Waals surface area contributed by atoms with Crippen LogP contribution in [0.5, 0.6) is 5.75 Å². The number of halogens is 4. The second-order valence-corrected chi connectivity index (χ2v) is 5.29. The molecule has 0 fully saturated rings. The third kappa shape index (κ3) is 5.53. The molecule has 1 rings (SSSR count). The normalized spacial score (nSPS) is 12.1. The lowest BCUT2D eigenvalue weighted by Crippen LogP contribution is -2.36. The van der Waals surface area contributed by atoms with Gasteiger partial charge in [-0.2, -0.15) is 0 Å². The summed E-state index contributed by atoms with van der Waals surface area (Å²) in [5, 5.41) is 3.10. The predicted octanol–water partition coefficient (Wildman–Crippen LogP) is 3.85. The Labute approximate surface area is 118 Å². The number of alkyl halides is 3. The molecule has 0 bridgehead atoms. The average Bonchev–Trinajstić information content (AvgIpc) is 2.28. The summed E-state index contributed by atoms with van der Waals surface area (Å²) >= 11 is 3.04. The molecular formula is C13H13BrF3NO. The number of hydrogen-bond acceptors (Lipinski definition) is 2. The van der Waals surface area contributed by atoms with Crippen LogP contribution in [0, 0.1) is 12.3 Å². The summed E-state index contributed by atoms with van der Waals surface area (Å²) in [5.74, 6) is 2.30. The topological polar surface area (TPSA) is 21.3 Å². The molecule has 0 atom stereocenters. The minimum absolute atomic E-state index is 0.239. The summed E-state index contributed by atoms with van der Waals surface area (Å²) in [6, 6.07) is 4.36. The van der Waals surface area contributed by atoms with Gasteiger partial charge < -0.3 is 4.74 Å². The maximum atomic E-state index is 12.1. The molecule has 0 saturated carbocycles. The first kappa shape index (κ1) is 15.9. The molecular weight excluding hydrogens is 323 g/mol. The van der Waals surface area contributed by atoms with Crippen molar-refractivity contribution in [1.29, 1.82) is 0 Å². The van der Waals surface area contributed by atoms with Crippen LogP contribution in [0.1, 0.15) is 19.4 Å². The molecule has 19 heavy (non-hydrogen) atoms. The molecule has 6 heteroatoms. The van der Waals surface area contributed by atoms with E-state index in [4.69, 9.17) is 6.42 Å². The van der Waals surface area contributed by atoms with Gasteiger partial charge in [-0.15, -0.1) is 19.6 Å². The van der Waals surface area contributed by atoms with Crippen molar-refractivity contribution in [3.63, 3.8) is 0 Å². The van der Waals surface area contributed by atoms with Gasteiger partial charge in [0.05, 0.1) is 10.0 Å². The van der Waals surface area contributed by atoms with Crippen LogP contribution >= 0.6 is 15.9 Å². The van der Waals surface area contributed by atoms with E-state index in [-0.39, 0.29) is 10.2 Å². The van der Waals surface area contributed by atoms with E-state index in [9.17, 15) is 13.2 Å². The molecule has 0 saturated heterocycles. The third-order valence-electron chi connectivity index (χ3n) is 2.32. The molecule has 1 aromatic rings. The molecule has 0 heterocycles. The zero-order valence-corrected chi connectivity index (χ0v) is 12.0. The fourth-order valence-corrected chi connectivity index (χ4v) is 1.74. The van der Waals surface area contributed by atoms with E-state index in [1.165, 1.54) is 6.07 Å². The summed E-state index contributed by atoms with van der Waals surface area (Å²) in [7, 11) is 0. The zero-order valence-electron chi connectivity index (χ0n) is 10.4. The Morgan fingerprint density at radius 3 is 2.47 bits per heavy atom. The van der Waals surface area contributed by atoms with Crippen LogP contribution in [0.25, 0.3) is 0 Å². The molecule has 2 nitrogen and oxygen atoms in total. The summed E-state index contributed by atoms with van der Waals surface area (Å²) in [6.07, 6.45) is 0.626. The van der Waals surface area contributed by atoms with Gasteiger partial charge in [0.1, 0.15) is 5.75 Å². The van der Waals surface area contributed by atoms with E-state index >= 15 is 0 Å². The van der Waals surface area contributed by atoms with Gasteiger partial charge in [0.2, 0.25) is 0 Å². The van der Waals surface area contributed by atoms with E-state index in [1.54, 1.807) is 12.1 Å². The Hall–Kier alpha value is -1.19. The van der Waals surface area contributed by atoms with Crippen LogP contribution in [-0.4, -0.2) is 11.9 Å². The molecule has 1 aromatic carbocycles. The Morgan fingerprint density at radius 1 is 1.37 bits per heavy atom. The Kier molecular flexibility index (Phi) is 4.88. The quantitative estimate of drug-likeness (QED) is 0.844. The lowest BCUT2D eigenvalue weighted by Gasteiger charge is -2.20. The van der Waals surface area contributed by atoms with Gasteiger partial charge in [-0.3, -0.25) is 5.32 Å². The number of ether oxygens (including phenoxy) is 1. The highest BCUT2D eigenvalue weighted by Crippen LogP contribution is 2.31. The minimum atomic E-state index is -4.70. The molecule has 0 aromatic heterocycles. The standard InChI is InChI=1S/C13H13BrF3NO/c1-4-12(2,3)18-8-9-5-6-11(10(14)7-9)19-13(15,16)17/h1,5-7,18H,8H2,2-3H3. The molecule has 0 aliphatic rings. The smallest absolute Gasteiger partial charge is 0.405 e. The van der Waals surface area contributed by atoms with Crippen molar-refractivity contribution in [2.75, 3.05) is 0 Å². The van der Waals surface area contributed by atoms with Gasteiger partial charge in [-0.1, -0.05) is 12.0 Å². The Morgan fingerprint density at radius 2 is 2.00 bits per heavy atom. The van der Waals surface area contributed by atoms with Crippen LogP contribution in [0.15, 0.2) is 22.7 Å². The number of rotatable bonds is 4. The second-order valence-electron chi connectivity index (χ2n) is 4.44. The van der Waals surface area contributed by atoms with Crippen LogP contribution in [0.4, 0.5) is 13.2 Å². The van der Waals surface area contributed by atoms with Crippen LogP contribution < -0.4 is 10.1 Å². The summed E-state index contributed by atoms with van der Waals surface area (Å²) in [4.78, 5) is 0. The maximum absolute atomic E-state index is 12.1. The minimum Gasteiger partial charge on any atom is -0.405 e. The van der Waals surface area contributed by atoms with Crippen molar-refractivity contribution in [3.05, 3.63) is 28.2 Å². The molecule has 0 aliphatic carbocycles. The molecule has 0 spiro atoms. The first-order valence-electron chi connectivity index (χ1n) is 5.40. The van der Waals surface area contributed by atoms with Crippen LogP contribution in [-0.2, 0) is 6.54 Å². The number of benzene rings is 1. The van der Waals surface area contributed by atoms with E-state index in [0.717, 1.165) is 5.56 Å². The van der Waals surface area contributed by atoms with Crippen LogP contribution in [0.3, 0.4) is 0 Å². The van der Waals surface area contributed by atoms with E-state index < -0.39 is 11.9 Å². The maximum Gasteiger partial charge on any atom is 0.573 e. The highest BCUT2D eigenvalue weighted by atomic mass is 79.9. The van der Waals surface area contributed by atoms with Crippen molar-refractivity contribution in [1.82, 2.24) is 5.32 Å². The zero-order chi connectivity index (χ0) is 14.7. The molecule has 1 N–H and O–H groups in total. The third-order valence-corrected chi connectivity index (χ3v) is 2.94. The van der Waals surface area contributed by atoms with Gasteiger partial charge in [-0.25, -0.2) is 0 Å². The number of nitrogens with one attached hydrogen (secondary N) is 1. The average molecular weight is 336 g/mol. The van der Waals surface area contributed by atoms with Gasteiger partial charge >= 0.3 is 6.36 Å². The van der Waals surface area contributed by atoms with Crippen molar-refractivity contribution < 1.29 is 17.9 Å². The van der Waals surface area contributed by atoms with E-state index in [2.05, 4.69) is 31.9 Å². The lowest BCUT2D eigenvalue weighted by molar-refractivity contribution is -0.274. The first-order chi connectivity index (χ1) is 8.63. The molecule has 0 unspecified atom stereocenters. The van der Waals surface area contributed by atoms with Gasteiger partial charge in [0.25, 0.3) is 0 Å². The monoisotopic (exact) mass is 335 g/mol. The van der Waals surface area contributed by atoms with Gasteiger partial charge in [0, 0.05) is 6.54 Å².